The Morgan fingerprint density at radius 3 is 2.55 bits per heavy atom. The van der Waals surface area contributed by atoms with E-state index in [1.807, 2.05) is 0 Å². The van der Waals surface area contributed by atoms with Gasteiger partial charge in [-0.3, -0.25) is 4.79 Å². The fraction of sp³-hybridized carbons (Fsp3) is 0.857. The Hall–Kier alpha value is -0.670. The van der Waals surface area contributed by atoms with E-state index < -0.39 is 11.9 Å². The molecular weight excluding hydrogens is 154 g/mol. The maximum Gasteiger partial charge on any atom is 0.305 e. The fourth-order valence-corrected chi connectivity index (χ4v) is 1.25. The summed E-state index contributed by atoms with van der Waals surface area (Å²) in [6.07, 6.45) is -0.198. The molecular formula is C7H10F2O2. The normalized spacial score (nSPS) is 22.5. The van der Waals surface area contributed by atoms with Gasteiger partial charge in [0, 0.05) is 19.3 Å². The van der Waals surface area contributed by atoms with Crippen LogP contribution >= 0.6 is 0 Å². The van der Waals surface area contributed by atoms with Crippen molar-refractivity contribution < 1.29 is 18.3 Å². The van der Waals surface area contributed by atoms with Gasteiger partial charge in [-0.25, -0.2) is 8.78 Å². The summed E-state index contributed by atoms with van der Waals surface area (Å²) in [5.41, 5.74) is 0. The third-order valence-electron chi connectivity index (χ3n) is 1.86. The zero-order chi connectivity index (χ0) is 8.48. The molecule has 11 heavy (non-hydrogen) atoms. The molecule has 0 unspecified atom stereocenters. The van der Waals surface area contributed by atoms with E-state index in [1.54, 1.807) is 0 Å². The number of hydrogen-bond acceptors (Lipinski definition) is 2. The average Bonchev–Trinajstić information content (AvgIpc) is 1.83. The van der Waals surface area contributed by atoms with E-state index in [0.29, 0.717) is 0 Å². The first-order valence-corrected chi connectivity index (χ1v) is 3.48. The Morgan fingerprint density at radius 1 is 1.64 bits per heavy atom. The monoisotopic (exact) mass is 164 g/mol. The molecule has 1 aliphatic carbocycles. The number of halogens is 2. The van der Waals surface area contributed by atoms with Crippen LogP contribution in [-0.2, 0) is 9.53 Å². The van der Waals surface area contributed by atoms with Crippen molar-refractivity contribution in [1.29, 1.82) is 0 Å². The van der Waals surface area contributed by atoms with Crippen molar-refractivity contribution in [2.45, 2.75) is 25.2 Å². The summed E-state index contributed by atoms with van der Waals surface area (Å²) >= 11 is 0. The predicted octanol–water partition coefficient (Wildman–Crippen LogP) is 1.59. The maximum atomic E-state index is 12.2. The SMILES string of the molecule is COC(=O)CC1CC(F)(F)C1. The highest BCUT2D eigenvalue weighted by Crippen LogP contribution is 2.43. The molecule has 0 heterocycles. The van der Waals surface area contributed by atoms with E-state index in [1.165, 1.54) is 7.11 Å². The molecule has 64 valence electrons. The number of carbonyl (C=O) groups is 1. The van der Waals surface area contributed by atoms with Gasteiger partial charge in [0.15, 0.2) is 0 Å². The van der Waals surface area contributed by atoms with Gasteiger partial charge in [-0.1, -0.05) is 0 Å². The van der Waals surface area contributed by atoms with Crippen LogP contribution in [0.2, 0.25) is 0 Å². The molecule has 0 aromatic heterocycles. The molecule has 0 aromatic carbocycles. The molecule has 0 aliphatic heterocycles. The average molecular weight is 164 g/mol. The summed E-state index contributed by atoms with van der Waals surface area (Å²) in [7, 11) is 1.26. The van der Waals surface area contributed by atoms with Crippen molar-refractivity contribution in [2.75, 3.05) is 7.11 Å². The fourth-order valence-electron chi connectivity index (χ4n) is 1.25. The number of ether oxygens (including phenoxy) is 1. The van der Waals surface area contributed by atoms with Crippen LogP contribution in [0.25, 0.3) is 0 Å². The second-order valence-electron chi connectivity index (χ2n) is 2.91. The van der Waals surface area contributed by atoms with E-state index in [0.717, 1.165) is 0 Å². The van der Waals surface area contributed by atoms with Crippen molar-refractivity contribution >= 4 is 5.97 Å². The minimum atomic E-state index is -2.53. The highest BCUT2D eigenvalue weighted by atomic mass is 19.3. The lowest BCUT2D eigenvalue weighted by atomic mass is 9.79. The lowest BCUT2D eigenvalue weighted by molar-refractivity contribution is -0.150. The van der Waals surface area contributed by atoms with Crippen molar-refractivity contribution in [3.8, 4) is 0 Å². The van der Waals surface area contributed by atoms with E-state index in [4.69, 9.17) is 0 Å². The Morgan fingerprint density at radius 2 is 2.18 bits per heavy atom. The quantitative estimate of drug-likeness (QED) is 0.579. The van der Waals surface area contributed by atoms with Crippen LogP contribution < -0.4 is 0 Å². The molecule has 1 rings (SSSR count). The molecule has 0 saturated heterocycles. The molecule has 2 nitrogen and oxygen atoms in total. The number of rotatable bonds is 2. The lowest BCUT2D eigenvalue weighted by Crippen LogP contribution is -2.36. The van der Waals surface area contributed by atoms with E-state index in [9.17, 15) is 13.6 Å². The molecule has 1 saturated carbocycles. The summed E-state index contributed by atoms with van der Waals surface area (Å²) in [4.78, 5) is 10.6. The van der Waals surface area contributed by atoms with E-state index in [-0.39, 0.29) is 25.2 Å². The first-order valence-electron chi connectivity index (χ1n) is 3.48. The van der Waals surface area contributed by atoms with Crippen molar-refractivity contribution in [2.24, 2.45) is 5.92 Å². The molecule has 0 atom stereocenters. The number of carbonyl (C=O) groups excluding carboxylic acids is 1. The molecule has 1 fully saturated rings. The Bertz CT molecular complexity index is 160. The van der Waals surface area contributed by atoms with Gasteiger partial charge in [-0.05, 0) is 5.92 Å². The number of alkyl halides is 2. The van der Waals surface area contributed by atoms with Gasteiger partial charge in [0.05, 0.1) is 7.11 Å². The Kier molecular flexibility index (Phi) is 2.11. The van der Waals surface area contributed by atoms with Crippen LogP contribution in [0.4, 0.5) is 8.78 Å². The first kappa shape index (κ1) is 8.43. The number of methoxy groups -OCH3 is 1. The zero-order valence-corrected chi connectivity index (χ0v) is 6.27. The van der Waals surface area contributed by atoms with Gasteiger partial charge >= 0.3 is 5.97 Å². The molecule has 0 aromatic rings. The highest BCUT2D eigenvalue weighted by molar-refractivity contribution is 5.69. The van der Waals surface area contributed by atoms with Crippen molar-refractivity contribution in [1.82, 2.24) is 0 Å². The number of esters is 1. The molecule has 0 radical (unpaired) electrons. The van der Waals surface area contributed by atoms with Crippen molar-refractivity contribution in [3.63, 3.8) is 0 Å². The Balaban J connectivity index is 2.19. The predicted molar refractivity (Wildman–Crippen MR) is 34.3 cm³/mol. The number of hydrogen-bond donors (Lipinski definition) is 0. The minimum absolute atomic E-state index is 0.131. The summed E-state index contributed by atoms with van der Waals surface area (Å²) < 4.78 is 28.7. The van der Waals surface area contributed by atoms with Gasteiger partial charge in [-0.2, -0.15) is 0 Å². The first-order chi connectivity index (χ1) is 5.03. The topological polar surface area (TPSA) is 26.3 Å². The summed E-state index contributed by atoms with van der Waals surface area (Å²) in [5, 5.41) is 0. The van der Waals surface area contributed by atoms with Crippen LogP contribution in [0.15, 0.2) is 0 Å². The zero-order valence-electron chi connectivity index (χ0n) is 6.27. The molecule has 0 N–H and O–H groups in total. The van der Waals surface area contributed by atoms with E-state index >= 15 is 0 Å². The summed E-state index contributed by atoms with van der Waals surface area (Å²) in [6, 6.07) is 0. The Labute approximate surface area is 63.5 Å². The largest absolute Gasteiger partial charge is 0.469 e. The van der Waals surface area contributed by atoms with Crippen LogP contribution in [0.3, 0.4) is 0 Å². The van der Waals surface area contributed by atoms with Gasteiger partial charge in [-0.15, -0.1) is 0 Å². The smallest absolute Gasteiger partial charge is 0.305 e. The maximum absolute atomic E-state index is 12.2. The van der Waals surface area contributed by atoms with Crippen LogP contribution in [0.1, 0.15) is 19.3 Å². The molecule has 1 aliphatic rings. The molecule has 4 heteroatoms. The molecule has 0 spiro atoms. The van der Waals surface area contributed by atoms with Gasteiger partial charge in [0.25, 0.3) is 0 Å². The van der Waals surface area contributed by atoms with Crippen molar-refractivity contribution in [3.05, 3.63) is 0 Å². The van der Waals surface area contributed by atoms with Crippen LogP contribution in [0, 0.1) is 5.92 Å². The second-order valence-corrected chi connectivity index (χ2v) is 2.91. The third-order valence-corrected chi connectivity index (χ3v) is 1.86. The lowest BCUT2D eigenvalue weighted by Gasteiger charge is -2.33. The summed E-state index contributed by atoms with van der Waals surface area (Å²) in [5.74, 6) is -3.10. The third kappa shape index (κ3) is 2.13. The van der Waals surface area contributed by atoms with Gasteiger partial charge < -0.3 is 4.74 Å². The van der Waals surface area contributed by atoms with Crippen LogP contribution in [0.5, 0.6) is 0 Å². The minimum Gasteiger partial charge on any atom is -0.469 e. The highest BCUT2D eigenvalue weighted by Gasteiger charge is 2.45. The molecule has 0 bridgehead atoms. The van der Waals surface area contributed by atoms with Gasteiger partial charge in [0.2, 0.25) is 5.92 Å². The summed E-state index contributed by atoms with van der Waals surface area (Å²) in [6.45, 7) is 0. The second kappa shape index (κ2) is 2.75. The van der Waals surface area contributed by atoms with Crippen LogP contribution in [-0.4, -0.2) is 19.0 Å². The van der Waals surface area contributed by atoms with E-state index in [2.05, 4.69) is 4.74 Å². The molecule has 0 amide bonds. The standard InChI is InChI=1S/C7H10F2O2/c1-11-6(10)2-5-3-7(8,9)4-5/h5H,2-4H2,1H3. The van der Waals surface area contributed by atoms with Gasteiger partial charge in [0.1, 0.15) is 0 Å².